The molecule has 0 saturated heterocycles. The quantitative estimate of drug-likeness (QED) is 0.654. The highest BCUT2D eigenvalue weighted by molar-refractivity contribution is 7.98. The van der Waals surface area contributed by atoms with E-state index < -0.39 is 0 Å². The van der Waals surface area contributed by atoms with Gasteiger partial charge in [0, 0.05) is 33.4 Å². The van der Waals surface area contributed by atoms with Gasteiger partial charge in [-0.05, 0) is 49.6 Å². The molecule has 2 amide bonds. The number of urea groups is 1. The molecule has 1 aromatic heterocycles. The molecule has 0 aliphatic rings. The second-order valence-electron chi connectivity index (χ2n) is 5.51. The van der Waals surface area contributed by atoms with E-state index in [-0.39, 0.29) is 6.03 Å². The van der Waals surface area contributed by atoms with E-state index in [0.717, 1.165) is 32.9 Å². The van der Waals surface area contributed by atoms with E-state index in [1.54, 1.807) is 18.9 Å². The van der Waals surface area contributed by atoms with Crippen LogP contribution in [0.5, 0.6) is 5.75 Å². The topological polar surface area (TPSA) is 63.2 Å². The van der Waals surface area contributed by atoms with Gasteiger partial charge >= 0.3 is 6.03 Å². The molecule has 2 aromatic carbocycles. The zero-order chi connectivity index (χ0) is 17.8. The maximum absolute atomic E-state index is 12.3. The number of aromatic nitrogens is 1. The number of hydrogen-bond donors (Lipinski definition) is 2. The number of anilines is 2. The zero-order valence-electron chi connectivity index (χ0n) is 14.3. The van der Waals surface area contributed by atoms with Gasteiger partial charge in [-0.1, -0.05) is 6.07 Å². The fourth-order valence-electron chi connectivity index (χ4n) is 2.56. The monoisotopic (exact) mass is 353 g/mol. The molecule has 0 saturated carbocycles. The Balaban J connectivity index is 1.80. The normalized spacial score (nSPS) is 10.5. The Morgan fingerprint density at radius 2 is 1.84 bits per heavy atom. The Hall–Kier alpha value is -2.73. The summed E-state index contributed by atoms with van der Waals surface area (Å²) in [7, 11) is 1.62. The first-order chi connectivity index (χ1) is 12.1. The van der Waals surface area contributed by atoms with Crippen LogP contribution in [0.2, 0.25) is 0 Å². The minimum Gasteiger partial charge on any atom is -0.496 e. The predicted molar refractivity (Wildman–Crippen MR) is 104 cm³/mol. The van der Waals surface area contributed by atoms with Crippen molar-refractivity contribution in [2.45, 2.75) is 11.8 Å². The van der Waals surface area contributed by atoms with Crippen LogP contribution in [0.15, 0.2) is 53.4 Å². The standard InChI is InChI=1S/C19H19N3O2S/c1-12-9-18(24-2)16-11-14(7-8-17(16)20-12)22-19(23)21-13-5-4-6-15(10-13)25-3/h4-11H,1-3H3,(H2,21,22,23). The number of aryl methyl sites for hydroxylation is 1. The molecule has 5 nitrogen and oxygen atoms in total. The minimum absolute atomic E-state index is 0.295. The number of carbonyl (C=O) groups is 1. The zero-order valence-corrected chi connectivity index (χ0v) is 15.1. The fourth-order valence-corrected chi connectivity index (χ4v) is 3.02. The van der Waals surface area contributed by atoms with Crippen LogP contribution in [0, 0.1) is 6.92 Å². The van der Waals surface area contributed by atoms with Crippen molar-refractivity contribution in [2.75, 3.05) is 24.0 Å². The van der Waals surface area contributed by atoms with Gasteiger partial charge in [0.15, 0.2) is 0 Å². The number of hydrogen-bond acceptors (Lipinski definition) is 4. The van der Waals surface area contributed by atoms with Gasteiger partial charge in [-0.3, -0.25) is 4.98 Å². The molecule has 0 aliphatic heterocycles. The predicted octanol–water partition coefficient (Wildman–Crippen LogP) is 4.92. The summed E-state index contributed by atoms with van der Waals surface area (Å²) in [5, 5.41) is 6.54. The summed E-state index contributed by atoms with van der Waals surface area (Å²) in [6.45, 7) is 1.92. The highest BCUT2D eigenvalue weighted by Gasteiger charge is 2.08. The molecule has 2 N–H and O–H groups in total. The second kappa shape index (κ2) is 7.44. The van der Waals surface area contributed by atoms with Crippen LogP contribution in [0.3, 0.4) is 0 Å². The minimum atomic E-state index is -0.295. The fraction of sp³-hybridized carbons (Fsp3) is 0.158. The van der Waals surface area contributed by atoms with Gasteiger partial charge in [-0.15, -0.1) is 11.8 Å². The smallest absolute Gasteiger partial charge is 0.323 e. The summed E-state index contributed by atoms with van der Waals surface area (Å²) in [5.74, 6) is 0.735. The van der Waals surface area contributed by atoms with Crippen molar-refractivity contribution in [3.05, 3.63) is 54.2 Å². The lowest BCUT2D eigenvalue weighted by molar-refractivity contribution is 0.262. The maximum atomic E-state index is 12.3. The molecule has 0 atom stereocenters. The summed E-state index contributed by atoms with van der Waals surface area (Å²) in [4.78, 5) is 17.8. The Labute approximate surface area is 150 Å². The molecule has 0 aliphatic carbocycles. The van der Waals surface area contributed by atoms with Crippen LogP contribution in [-0.2, 0) is 0 Å². The highest BCUT2D eigenvalue weighted by Crippen LogP contribution is 2.28. The van der Waals surface area contributed by atoms with Crippen LogP contribution < -0.4 is 15.4 Å². The number of fused-ring (bicyclic) bond motifs is 1. The first-order valence-electron chi connectivity index (χ1n) is 7.76. The number of nitrogens with one attached hydrogen (secondary N) is 2. The van der Waals surface area contributed by atoms with Crippen molar-refractivity contribution in [2.24, 2.45) is 0 Å². The summed E-state index contributed by atoms with van der Waals surface area (Å²) < 4.78 is 5.42. The maximum Gasteiger partial charge on any atom is 0.323 e. The van der Waals surface area contributed by atoms with E-state index in [0.29, 0.717) is 5.69 Å². The second-order valence-corrected chi connectivity index (χ2v) is 6.39. The molecule has 1 heterocycles. The van der Waals surface area contributed by atoms with E-state index >= 15 is 0 Å². The molecule has 25 heavy (non-hydrogen) atoms. The number of benzene rings is 2. The Kier molecular flexibility index (Phi) is 5.09. The van der Waals surface area contributed by atoms with Gasteiger partial charge in [0.1, 0.15) is 5.75 Å². The van der Waals surface area contributed by atoms with Gasteiger partial charge in [-0.2, -0.15) is 0 Å². The van der Waals surface area contributed by atoms with Crippen LogP contribution >= 0.6 is 11.8 Å². The summed E-state index contributed by atoms with van der Waals surface area (Å²) in [6.07, 6.45) is 2.00. The molecule has 0 radical (unpaired) electrons. The number of pyridine rings is 1. The molecular weight excluding hydrogens is 334 g/mol. The molecule has 0 bridgehead atoms. The molecule has 6 heteroatoms. The molecule has 3 rings (SSSR count). The first kappa shape index (κ1) is 17.1. The van der Waals surface area contributed by atoms with Crippen LogP contribution in [0.1, 0.15) is 5.69 Å². The first-order valence-corrected chi connectivity index (χ1v) is 8.99. The average molecular weight is 353 g/mol. The molecule has 3 aromatic rings. The Morgan fingerprint density at radius 3 is 2.56 bits per heavy atom. The van der Waals surface area contributed by atoms with E-state index in [4.69, 9.17) is 4.74 Å². The number of ether oxygens (including phenoxy) is 1. The van der Waals surface area contributed by atoms with Crippen molar-refractivity contribution >= 4 is 40.1 Å². The van der Waals surface area contributed by atoms with E-state index in [2.05, 4.69) is 15.6 Å². The van der Waals surface area contributed by atoms with Crippen molar-refractivity contribution in [1.29, 1.82) is 0 Å². The van der Waals surface area contributed by atoms with Gasteiger partial charge < -0.3 is 15.4 Å². The van der Waals surface area contributed by atoms with E-state index in [9.17, 15) is 4.79 Å². The largest absolute Gasteiger partial charge is 0.496 e. The summed E-state index contributed by atoms with van der Waals surface area (Å²) >= 11 is 1.63. The molecule has 0 spiro atoms. The molecule has 0 unspecified atom stereocenters. The van der Waals surface area contributed by atoms with Crippen LogP contribution in [-0.4, -0.2) is 24.4 Å². The number of carbonyl (C=O) groups excluding carboxylic acids is 1. The third-order valence-electron chi connectivity index (χ3n) is 3.70. The van der Waals surface area contributed by atoms with Gasteiger partial charge in [0.25, 0.3) is 0 Å². The van der Waals surface area contributed by atoms with E-state index in [1.807, 2.05) is 61.7 Å². The van der Waals surface area contributed by atoms with Gasteiger partial charge in [0.2, 0.25) is 0 Å². The molecule has 0 fully saturated rings. The van der Waals surface area contributed by atoms with Crippen LogP contribution in [0.4, 0.5) is 16.2 Å². The molecular formula is C19H19N3O2S. The third kappa shape index (κ3) is 4.03. The number of nitrogens with zero attached hydrogens (tertiary/aromatic N) is 1. The summed E-state index contributed by atoms with van der Waals surface area (Å²) in [6, 6.07) is 14.8. The number of methoxy groups -OCH3 is 1. The third-order valence-corrected chi connectivity index (χ3v) is 4.43. The van der Waals surface area contributed by atoms with Crippen molar-refractivity contribution in [1.82, 2.24) is 4.98 Å². The SMILES string of the molecule is COc1cc(C)nc2ccc(NC(=O)Nc3cccc(SC)c3)cc12. The van der Waals surface area contributed by atoms with Crippen molar-refractivity contribution in [3.8, 4) is 5.75 Å². The number of thioether (sulfide) groups is 1. The lowest BCUT2D eigenvalue weighted by atomic mass is 10.1. The summed E-state index contributed by atoms with van der Waals surface area (Å²) in [5.41, 5.74) is 3.14. The number of rotatable bonds is 4. The lowest BCUT2D eigenvalue weighted by Crippen LogP contribution is -2.19. The average Bonchev–Trinajstić information content (AvgIpc) is 2.61. The Morgan fingerprint density at radius 1 is 1.08 bits per heavy atom. The van der Waals surface area contributed by atoms with Gasteiger partial charge in [0.05, 0.1) is 12.6 Å². The highest BCUT2D eigenvalue weighted by atomic mass is 32.2. The van der Waals surface area contributed by atoms with E-state index in [1.165, 1.54) is 0 Å². The van der Waals surface area contributed by atoms with Gasteiger partial charge in [-0.25, -0.2) is 4.79 Å². The van der Waals surface area contributed by atoms with Crippen molar-refractivity contribution in [3.63, 3.8) is 0 Å². The number of amides is 2. The lowest BCUT2D eigenvalue weighted by Gasteiger charge is -2.11. The Bertz CT molecular complexity index is 928. The molecule has 128 valence electrons. The van der Waals surface area contributed by atoms with Crippen LogP contribution in [0.25, 0.3) is 10.9 Å². The van der Waals surface area contributed by atoms with Crippen molar-refractivity contribution < 1.29 is 9.53 Å².